The molecule has 1 amide bonds. The molecule has 22 heavy (non-hydrogen) atoms. The lowest BCUT2D eigenvalue weighted by atomic mass is 10.2. The van der Waals surface area contributed by atoms with Gasteiger partial charge in [-0.1, -0.05) is 52.5 Å². The van der Waals surface area contributed by atoms with E-state index in [1.807, 2.05) is 31.2 Å². The summed E-state index contributed by atoms with van der Waals surface area (Å²) in [6.07, 6.45) is -0.740. The number of carbonyl (C=O) groups excluding carboxylic acids is 1. The summed E-state index contributed by atoms with van der Waals surface area (Å²) in [5.41, 5.74) is 1.82. The van der Waals surface area contributed by atoms with E-state index < -0.39 is 6.10 Å². The first kappa shape index (κ1) is 16.9. The Hall–Kier alpha value is -1.42. The molecule has 0 saturated heterocycles. The maximum Gasteiger partial charge on any atom is 0.265 e. The van der Waals surface area contributed by atoms with E-state index in [0.29, 0.717) is 26.5 Å². The van der Waals surface area contributed by atoms with Crippen molar-refractivity contribution in [1.82, 2.24) is 0 Å². The highest BCUT2D eigenvalue weighted by Crippen LogP contribution is 2.34. The van der Waals surface area contributed by atoms with E-state index in [9.17, 15) is 4.79 Å². The van der Waals surface area contributed by atoms with Crippen molar-refractivity contribution in [2.45, 2.75) is 20.0 Å². The summed E-state index contributed by atoms with van der Waals surface area (Å²) in [5, 5.41) is 3.71. The van der Waals surface area contributed by atoms with Gasteiger partial charge in [0, 0.05) is 11.8 Å². The molecule has 1 N–H and O–H groups in total. The summed E-state index contributed by atoms with van der Waals surface area (Å²) in [5.74, 6) is 0.0219. The third-order valence-electron chi connectivity index (χ3n) is 2.97. The molecule has 2 aromatic rings. The number of hydrogen-bond donors (Lipinski definition) is 1. The van der Waals surface area contributed by atoms with Crippen molar-refractivity contribution in [3.05, 3.63) is 57.0 Å². The number of aryl methyl sites for hydroxylation is 1. The Balaban J connectivity index is 2.05. The first-order chi connectivity index (χ1) is 10.4. The monoisotopic (exact) mass is 357 g/mol. The molecule has 2 rings (SSSR count). The smallest absolute Gasteiger partial charge is 0.265 e. The summed E-state index contributed by atoms with van der Waals surface area (Å²) < 4.78 is 5.55. The number of amides is 1. The lowest BCUT2D eigenvalue weighted by Crippen LogP contribution is -2.30. The molecule has 0 radical (unpaired) electrons. The van der Waals surface area contributed by atoms with Gasteiger partial charge in [0.15, 0.2) is 6.10 Å². The highest BCUT2D eigenvalue weighted by molar-refractivity contribution is 6.43. The van der Waals surface area contributed by atoms with E-state index in [1.54, 1.807) is 6.92 Å². The summed E-state index contributed by atoms with van der Waals surface area (Å²) in [7, 11) is 0. The summed E-state index contributed by atoms with van der Waals surface area (Å²) in [6.45, 7) is 3.60. The van der Waals surface area contributed by atoms with E-state index in [1.165, 1.54) is 12.1 Å². The van der Waals surface area contributed by atoms with E-state index in [4.69, 9.17) is 39.5 Å². The van der Waals surface area contributed by atoms with Crippen molar-refractivity contribution in [3.8, 4) is 5.75 Å². The minimum absolute atomic E-state index is 0.286. The van der Waals surface area contributed by atoms with Gasteiger partial charge in [0.05, 0.1) is 15.1 Å². The molecule has 1 atom stereocenters. The van der Waals surface area contributed by atoms with Crippen LogP contribution < -0.4 is 10.1 Å². The van der Waals surface area contributed by atoms with Crippen LogP contribution in [0, 0.1) is 6.92 Å². The molecular weight excluding hydrogens is 345 g/mol. The average Bonchev–Trinajstić information content (AvgIpc) is 2.47. The molecule has 0 aliphatic carbocycles. The van der Waals surface area contributed by atoms with Crippen LogP contribution in [0.1, 0.15) is 12.5 Å². The Morgan fingerprint density at radius 1 is 1.05 bits per heavy atom. The van der Waals surface area contributed by atoms with Crippen molar-refractivity contribution in [2.24, 2.45) is 0 Å². The molecule has 3 nitrogen and oxygen atoms in total. The topological polar surface area (TPSA) is 38.3 Å². The summed E-state index contributed by atoms with van der Waals surface area (Å²) in [4.78, 5) is 12.1. The number of nitrogens with one attached hydrogen (secondary N) is 1. The Kier molecular flexibility index (Phi) is 5.57. The van der Waals surface area contributed by atoms with Gasteiger partial charge in [-0.3, -0.25) is 4.79 Å². The Morgan fingerprint density at radius 2 is 1.64 bits per heavy atom. The zero-order chi connectivity index (χ0) is 16.3. The number of ether oxygens (including phenoxy) is 1. The van der Waals surface area contributed by atoms with Gasteiger partial charge in [0.1, 0.15) is 5.75 Å². The number of halogens is 3. The van der Waals surface area contributed by atoms with E-state index in [2.05, 4.69) is 5.32 Å². The lowest BCUT2D eigenvalue weighted by molar-refractivity contribution is -0.122. The number of benzene rings is 2. The molecular formula is C16H14Cl3NO2. The first-order valence-corrected chi connectivity index (χ1v) is 7.69. The van der Waals surface area contributed by atoms with E-state index >= 15 is 0 Å². The second kappa shape index (κ2) is 7.23. The lowest BCUT2D eigenvalue weighted by Gasteiger charge is -2.16. The SMILES string of the molecule is Cc1ccc(NC(=O)[C@@H](C)Oc2cc(Cl)c(Cl)cc2Cl)cc1. The second-order valence-corrected chi connectivity index (χ2v) is 6.03. The van der Waals surface area contributed by atoms with E-state index in [0.717, 1.165) is 5.56 Å². The summed E-state index contributed by atoms with van der Waals surface area (Å²) in [6, 6.07) is 10.4. The Bertz CT molecular complexity index is 687. The second-order valence-electron chi connectivity index (χ2n) is 4.81. The Labute approximate surface area is 144 Å². The van der Waals surface area contributed by atoms with Gasteiger partial charge in [-0.2, -0.15) is 0 Å². The van der Waals surface area contributed by atoms with E-state index in [-0.39, 0.29) is 5.91 Å². The maximum absolute atomic E-state index is 12.1. The number of rotatable bonds is 4. The van der Waals surface area contributed by atoms with Crippen LogP contribution in [-0.4, -0.2) is 12.0 Å². The normalized spacial score (nSPS) is 11.9. The van der Waals surface area contributed by atoms with Crippen LogP contribution in [-0.2, 0) is 4.79 Å². The van der Waals surface area contributed by atoms with Crippen molar-refractivity contribution < 1.29 is 9.53 Å². The van der Waals surface area contributed by atoms with Crippen LogP contribution in [0.25, 0.3) is 0 Å². The Morgan fingerprint density at radius 3 is 2.27 bits per heavy atom. The van der Waals surface area contributed by atoms with Gasteiger partial charge in [-0.25, -0.2) is 0 Å². The quantitative estimate of drug-likeness (QED) is 0.747. The van der Waals surface area contributed by atoms with Crippen molar-refractivity contribution in [1.29, 1.82) is 0 Å². The molecule has 2 aromatic carbocycles. The molecule has 0 unspecified atom stereocenters. The van der Waals surface area contributed by atoms with Crippen LogP contribution in [0.15, 0.2) is 36.4 Å². The van der Waals surface area contributed by atoms with Crippen molar-refractivity contribution in [2.75, 3.05) is 5.32 Å². The minimum Gasteiger partial charge on any atom is -0.479 e. The molecule has 0 aliphatic rings. The molecule has 0 aliphatic heterocycles. The zero-order valence-corrected chi connectivity index (χ0v) is 14.3. The van der Waals surface area contributed by atoms with Crippen molar-refractivity contribution in [3.63, 3.8) is 0 Å². The molecule has 0 saturated carbocycles. The number of carbonyl (C=O) groups is 1. The van der Waals surface area contributed by atoms with Crippen LogP contribution in [0.5, 0.6) is 5.75 Å². The van der Waals surface area contributed by atoms with Gasteiger partial charge in [-0.15, -0.1) is 0 Å². The molecule has 116 valence electrons. The number of anilines is 1. The standard InChI is InChI=1S/C16H14Cl3NO2/c1-9-3-5-11(6-4-9)20-16(21)10(2)22-15-8-13(18)12(17)7-14(15)19/h3-8,10H,1-2H3,(H,20,21)/t10-/m1/s1. The van der Waals surface area contributed by atoms with Crippen molar-refractivity contribution >= 4 is 46.4 Å². The van der Waals surface area contributed by atoms with Gasteiger partial charge in [-0.05, 0) is 32.0 Å². The molecule has 0 bridgehead atoms. The molecule has 6 heteroatoms. The highest BCUT2D eigenvalue weighted by Gasteiger charge is 2.17. The van der Waals surface area contributed by atoms with Crippen LogP contribution in [0.2, 0.25) is 15.1 Å². The highest BCUT2D eigenvalue weighted by atomic mass is 35.5. The minimum atomic E-state index is -0.740. The van der Waals surface area contributed by atoms with Gasteiger partial charge in [0.25, 0.3) is 5.91 Å². The summed E-state index contributed by atoms with van der Waals surface area (Å²) >= 11 is 17.8. The molecule has 0 aromatic heterocycles. The van der Waals surface area contributed by atoms with Gasteiger partial charge < -0.3 is 10.1 Å². The third-order valence-corrected chi connectivity index (χ3v) is 3.98. The predicted octanol–water partition coefficient (Wildman–Crippen LogP) is 5.36. The fourth-order valence-electron chi connectivity index (χ4n) is 1.72. The fourth-order valence-corrected chi connectivity index (χ4v) is 2.30. The first-order valence-electron chi connectivity index (χ1n) is 6.55. The average molecular weight is 359 g/mol. The molecule has 0 spiro atoms. The fraction of sp³-hybridized carbons (Fsp3) is 0.188. The van der Waals surface area contributed by atoms with Gasteiger partial charge >= 0.3 is 0 Å². The molecule has 0 heterocycles. The largest absolute Gasteiger partial charge is 0.479 e. The van der Waals surface area contributed by atoms with Gasteiger partial charge in [0.2, 0.25) is 0 Å². The predicted molar refractivity (Wildman–Crippen MR) is 91.4 cm³/mol. The van der Waals surface area contributed by atoms with Crippen LogP contribution in [0.4, 0.5) is 5.69 Å². The zero-order valence-electron chi connectivity index (χ0n) is 12.0. The maximum atomic E-state index is 12.1. The van der Waals surface area contributed by atoms with Crippen LogP contribution >= 0.6 is 34.8 Å². The molecule has 0 fully saturated rings. The third kappa shape index (κ3) is 4.29. The van der Waals surface area contributed by atoms with Crippen LogP contribution in [0.3, 0.4) is 0 Å². The number of hydrogen-bond acceptors (Lipinski definition) is 2.